The maximum atomic E-state index is 12.2. The van der Waals surface area contributed by atoms with Gasteiger partial charge in [-0.3, -0.25) is 9.69 Å². The molecule has 7 heteroatoms. The lowest BCUT2D eigenvalue weighted by Gasteiger charge is -2.32. The quantitative estimate of drug-likeness (QED) is 0.599. The van der Waals surface area contributed by atoms with Crippen LogP contribution in [0.4, 0.5) is 0 Å². The molecule has 158 valence electrons. The molecule has 4 rings (SSSR count). The van der Waals surface area contributed by atoms with Gasteiger partial charge in [0.05, 0.1) is 24.7 Å². The molecular weight excluding hydrogens is 380 g/mol. The molecule has 7 nitrogen and oxygen atoms in total. The number of benzene rings is 2. The van der Waals surface area contributed by atoms with Crippen molar-refractivity contribution in [3.05, 3.63) is 54.4 Å². The van der Waals surface area contributed by atoms with Crippen molar-refractivity contribution in [2.24, 2.45) is 5.92 Å². The maximum Gasteiger partial charge on any atom is 0.257 e. The number of imidazole rings is 1. The number of carbonyl (C=O) groups is 1. The number of nitrogens with one attached hydrogen (secondary N) is 2. The number of carbonyl (C=O) groups excluding carboxylic acids is 1. The van der Waals surface area contributed by atoms with E-state index in [4.69, 9.17) is 9.47 Å². The number of rotatable bonds is 8. The Kier molecular flexibility index (Phi) is 6.49. The Morgan fingerprint density at radius 3 is 2.83 bits per heavy atom. The lowest BCUT2D eigenvalue weighted by Crippen LogP contribution is -2.41. The fourth-order valence-electron chi connectivity index (χ4n) is 3.94. The summed E-state index contributed by atoms with van der Waals surface area (Å²) in [6, 6.07) is 15.4. The van der Waals surface area contributed by atoms with Gasteiger partial charge in [0.25, 0.3) is 5.91 Å². The lowest BCUT2D eigenvalue weighted by atomic mass is 9.98. The van der Waals surface area contributed by atoms with Gasteiger partial charge in [0.15, 0.2) is 18.1 Å². The number of hydrogen-bond donors (Lipinski definition) is 2. The van der Waals surface area contributed by atoms with Crippen molar-refractivity contribution in [3.63, 3.8) is 0 Å². The third-order valence-electron chi connectivity index (χ3n) is 5.43. The molecule has 1 aromatic heterocycles. The van der Waals surface area contributed by atoms with E-state index < -0.39 is 0 Å². The van der Waals surface area contributed by atoms with Crippen molar-refractivity contribution >= 4 is 16.9 Å². The van der Waals surface area contributed by atoms with Crippen LogP contribution in [-0.2, 0) is 11.3 Å². The number of aromatic amines is 1. The van der Waals surface area contributed by atoms with Crippen molar-refractivity contribution in [2.75, 3.05) is 33.4 Å². The molecule has 0 spiro atoms. The minimum Gasteiger partial charge on any atom is -0.493 e. The van der Waals surface area contributed by atoms with Gasteiger partial charge in [-0.25, -0.2) is 4.98 Å². The highest BCUT2D eigenvalue weighted by Gasteiger charge is 2.21. The average molecular weight is 409 g/mol. The molecule has 0 aliphatic carbocycles. The van der Waals surface area contributed by atoms with Crippen LogP contribution < -0.4 is 14.8 Å². The zero-order valence-corrected chi connectivity index (χ0v) is 17.3. The molecule has 0 saturated carbocycles. The van der Waals surface area contributed by atoms with E-state index in [-0.39, 0.29) is 12.5 Å². The third-order valence-corrected chi connectivity index (χ3v) is 5.43. The maximum absolute atomic E-state index is 12.2. The van der Waals surface area contributed by atoms with Gasteiger partial charge < -0.3 is 19.8 Å². The van der Waals surface area contributed by atoms with E-state index in [9.17, 15) is 4.79 Å². The molecule has 1 amide bonds. The number of amides is 1. The minimum atomic E-state index is -0.115. The van der Waals surface area contributed by atoms with E-state index in [0.29, 0.717) is 24.0 Å². The summed E-state index contributed by atoms with van der Waals surface area (Å²) in [6.45, 7) is 3.44. The molecule has 1 aliphatic heterocycles. The SMILES string of the molecule is COc1ccccc1OCC(=O)NCC1CCCN(Cc2nc3ccccc3[nH]2)C1. The molecule has 2 heterocycles. The van der Waals surface area contributed by atoms with Crippen LogP contribution in [0.1, 0.15) is 18.7 Å². The van der Waals surface area contributed by atoms with Gasteiger partial charge in [0, 0.05) is 13.1 Å². The van der Waals surface area contributed by atoms with Crippen LogP contribution in [0.5, 0.6) is 11.5 Å². The minimum absolute atomic E-state index is 0.0181. The number of nitrogens with zero attached hydrogens (tertiary/aromatic N) is 2. The third kappa shape index (κ3) is 5.10. The van der Waals surface area contributed by atoms with Crippen LogP contribution in [0, 0.1) is 5.92 Å². The van der Waals surface area contributed by atoms with E-state index in [1.165, 1.54) is 0 Å². The van der Waals surface area contributed by atoms with Crippen LogP contribution in [0.25, 0.3) is 11.0 Å². The summed E-state index contributed by atoms with van der Waals surface area (Å²) in [5.74, 6) is 2.50. The smallest absolute Gasteiger partial charge is 0.257 e. The number of methoxy groups -OCH3 is 1. The highest BCUT2D eigenvalue weighted by Crippen LogP contribution is 2.25. The molecule has 1 fully saturated rings. The summed E-state index contributed by atoms with van der Waals surface area (Å²) < 4.78 is 10.8. The summed E-state index contributed by atoms with van der Waals surface area (Å²) in [4.78, 5) is 22.7. The molecule has 1 aliphatic rings. The van der Waals surface area contributed by atoms with E-state index in [0.717, 1.165) is 49.3 Å². The van der Waals surface area contributed by atoms with Gasteiger partial charge in [-0.2, -0.15) is 0 Å². The first-order valence-corrected chi connectivity index (χ1v) is 10.4. The Morgan fingerprint density at radius 1 is 1.20 bits per heavy atom. The fourth-order valence-corrected chi connectivity index (χ4v) is 3.94. The molecule has 1 saturated heterocycles. The number of H-pyrrole nitrogens is 1. The zero-order valence-electron chi connectivity index (χ0n) is 17.3. The molecule has 30 heavy (non-hydrogen) atoms. The number of para-hydroxylation sites is 4. The number of fused-ring (bicyclic) bond motifs is 1. The van der Waals surface area contributed by atoms with Crippen molar-refractivity contribution < 1.29 is 14.3 Å². The van der Waals surface area contributed by atoms with Crippen LogP contribution in [0.3, 0.4) is 0 Å². The van der Waals surface area contributed by atoms with E-state index in [1.54, 1.807) is 13.2 Å². The average Bonchev–Trinajstić information content (AvgIpc) is 3.19. The van der Waals surface area contributed by atoms with Crippen molar-refractivity contribution in [2.45, 2.75) is 19.4 Å². The molecule has 0 bridgehead atoms. The van der Waals surface area contributed by atoms with Gasteiger partial charge in [-0.1, -0.05) is 24.3 Å². The fraction of sp³-hybridized carbons (Fsp3) is 0.391. The first kappa shape index (κ1) is 20.2. The molecule has 2 aromatic carbocycles. The zero-order chi connectivity index (χ0) is 20.8. The van der Waals surface area contributed by atoms with Gasteiger partial charge in [0.1, 0.15) is 5.82 Å². The van der Waals surface area contributed by atoms with Crippen LogP contribution in [-0.4, -0.2) is 54.1 Å². The predicted molar refractivity (Wildman–Crippen MR) is 116 cm³/mol. The summed E-state index contributed by atoms with van der Waals surface area (Å²) in [7, 11) is 1.59. The molecule has 1 unspecified atom stereocenters. The van der Waals surface area contributed by atoms with E-state index in [2.05, 4.69) is 20.2 Å². The second-order valence-electron chi connectivity index (χ2n) is 7.69. The van der Waals surface area contributed by atoms with Crippen molar-refractivity contribution in [1.82, 2.24) is 20.2 Å². The number of likely N-dealkylation sites (tertiary alicyclic amines) is 1. The Labute approximate surface area is 176 Å². The van der Waals surface area contributed by atoms with Gasteiger partial charge >= 0.3 is 0 Å². The van der Waals surface area contributed by atoms with Gasteiger partial charge in [-0.05, 0) is 49.6 Å². The number of piperidine rings is 1. The first-order chi connectivity index (χ1) is 14.7. The van der Waals surface area contributed by atoms with Crippen LogP contribution in [0.15, 0.2) is 48.5 Å². The van der Waals surface area contributed by atoms with E-state index in [1.807, 2.05) is 42.5 Å². The summed E-state index contributed by atoms with van der Waals surface area (Å²) in [5.41, 5.74) is 2.08. The van der Waals surface area contributed by atoms with Gasteiger partial charge in [-0.15, -0.1) is 0 Å². The number of hydrogen-bond acceptors (Lipinski definition) is 5. The predicted octanol–water partition coefficient (Wildman–Crippen LogP) is 2.98. The normalized spacial score (nSPS) is 17.0. The molecule has 3 aromatic rings. The molecule has 2 N–H and O–H groups in total. The Balaban J connectivity index is 1.23. The summed E-state index contributed by atoms with van der Waals surface area (Å²) in [6.07, 6.45) is 2.24. The monoisotopic (exact) mass is 408 g/mol. The molecule has 1 atom stereocenters. The topological polar surface area (TPSA) is 79.5 Å². The highest BCUT2D eigenvalue weighted by atomic mass is 16.5. The number of aromatic nitrogens is 2. The lowest BCUT2D eigenvalue weighted by molar-refractivity contribution is -0.123. The van der Waals surface area contributed by atoms with Crippen molar-refractivity contribution in [3.8, 4) is 11.5 Å². The molecular formula is C23H28N4O3. The molecule has 0 radical (unpaired) electrons. The first-order valence-electron chi connectivity index (χ1n) is 10.4. The van der Waals surface area contributed by atoms with Crippen molar-refractivity contribution in [1.29, 1.82) is 0 Å². The summed E-state index contributed by atoms with van der Waals surface area (Å²) in [5, 5.41) is 3.01. The Morgan fingerprint density at radius 2 is 2.00 bits per heavy atom. The largest absolute Gasteiger partial charge is 0.493 e. The van der Waals surface area contributed by atoms with E-state index >= 15 is 0 Å². The highest BCUT2D eigenvalue weighted by molar-refractivity contribution is 5.77. The summed E-state index contributed by atoms with van der Waals surface area (Å²) >= 11 is 0. The van der Waals surface area contributed by atoms with Gasteiger partial charge in [0.2, 0.25) is 0 Å². The second kappa shape index (κ2) is 9.63. The standard InChI is InChI=1S/C23H28N4O3/c1-29-20-10-4-5-11-21(20)30-16-23(28)24-13-17-7-6-12-27(14-17)15-22-25-18-8-2-3-9-19(18)26-22/h2-5,8-11,17H,6-7,12-16H2,1H3,(H,24,28)(H,25,26). The Hall–Kier alpha value is -3.06. The Bertz CT molecular complexity index is 954. The van der Waals surface area contributed by atoms with Crippen LogP contribution >= 0.6 is 0 Å². The van der Waals surface area contributed by atoms with Crippen LogP contribution in [0.2, 0.25) is 0 Å². The second-order valence-corrected chi connectivity index (χ2v) is 7.69. The number of ether oxygens (including phenoxy) is 2.